The zero-order valence-electron chi connectivity index (χ0n) is 14.0. The van der Waals surface area contributed by atoms with E-state index in [1.165, 1.54) is 4.31 Å². The first kappa shape index (κ1) is 17.5. The van der Waals surface area contributed by atoms with Crippen LogP contribution in [0.3, 0.4) is 0 Å². The van der Waals surface area contributed by atoms with Gasteiger partial charge in [-0.25, -0.2) is 8.42 Å². The van der Waals surface area contributed by atoms with Gasteiger partial charge >= 0.3 is 0 Å². The Bertz CT molecular complexity index is 971. The number of nitrogens with zero attached hydrogens (tertiary/aromatic N) is 2. The van der Waals surface area contributed by atoms with Crippen LogP contribution in [0.25, 0.3) is 0 Å². The summed E-state index contributed by atoms with van der Waals surface area (Å²) >= 11 is 6.22. The topological polar surface area (TPSA) is 73.7 Å². The maximum absolute atomic E-state index is 13.0. The van der Waals surface area contributed by atoms with Crippen LogP contribution in [0.4, 0.5) is 5.69 Å². The molecule has 0 amide bonds. The van der Waals surface area contributed by atoms with E-state index >= 15 is 0 Å². The molecule has 2 aliphatic heterocycles. The maximum Gasteiger partial charge on any atom is 0.244 e. The molecule has 2 aromatic carbocycles. The third-order valence-corrected chi connectivity index (χ3v) is 7.07. The summed E-state index contributed by atoms with van der Waals surface area (Å²) in [6.07, 6.45) is 0. The van der Waals surface area contributed by atoms with E-state index in [2.05, 4.69) is 0 Å². The van der Waals surface area contributed by atoms with Gasteiger partial charge in [-0.1, -0.05) is 35.9 Å². The molecular weight excluding hydrogens is 374 g/mol. The van der Waals surface area contributed by atoms with Crippen LogP contribution in [0.5, 0.6) is 0 Å². The van der Waals surface area contributed by atoms with Crippen LogP contribution < -0.4 is 4.90 Å². The number of sulfonamides is 1. The Hall–Kier alpha value is -1.93. The number of fused-ring (bicyclic) bond motifs is 1. The third kappa shape index (κ3) is 2.91. The first-order valence-corrected chi connectivity index (χ1v) is 10.1. The second-order valence-electron chi connectivity index (χ2n) is 6.22. The zero-order chi connectivity index (χ0) is 18.3. The fourth-order valence-electron chi connectivity index (χ4n) is 3.29. The molecular formula is C18H18ClN3O3S. The number of rotatable bonds is 3. The summed E-state index contributed by atoms with van der Waals surface area (Å²) in [5.41, 5.74) is 2.55. The van der Waals surface area contributed by atoms with E-state index < -0.39 is 10.0 Å². The fourth-order valence-corrected chi connectivity index (χ4v) is 5.19. The Labute approximate surface area is 157 Å². The maximum atomic E-state index is 13.0. The van der Waals surface area contributed by atoms with Gasteiger partial charge in [0, 0.05) is 24.3 Å². The number of hydrogen-bond donors (Lipinski definition) is 1. The molecule has 0 unspecified atom stereocenters. The normalized spacial score (nSPS) is 18.2. The smallest absolute Gasteiger partial charge is 0.244 e. The number of hydrogen-bond acceptors (Lipinski definition) is 4. The zero-order valence-corrected chi connectivity index (χ0v) is 15.6. The van der Waals surface area contributed by atoms with Gasteiger partial charge in [0.15, 0.2) is 0 Å². The molecule has 136 valence electrons. The summed E-state index contributed by atoms with van der Waals surface area (Å²) in [5.74, 6) is 0.359. The van der Waals surface area contributed by atoms with Gasteiger partial charge in [0.05, 0.1) is 24.8 Å². The molecule has 0 radical (unpaired) electrons. The first-order chi connectivity index (χ1) is 12.5. The molecule has 26 heavy (non-hydrogen) atoms. The Morgan fingerprint density at radius 1 is 1.08 bits per heavy atom. The first-order valence-electron chi connectivity index (χ1n) is 8.30. The second-order valence-corrected chi connectivity index (χ2v) is 8.54. The summed E-state index contributed by atoms with van der Waals surface area (Å²) in [6.45, 7) is 1.92. The largest absolute Gasteiger partial charge is 0.379 e. The van der Waals surface area contributed by atoms with Crippen molar-refractivity contribution in [2.45, 2.75) is 11.4 Å². The van der Waals surface area contributed by atoms with Gasteiger partial charge < -0.3 is 9.64 Å². The van der Waals surface area contributed by atoms with Crippen molar-refractivity contribution < 1.29 is 13.2 Å². The summed E-state index contributed by atoms with van der Waals surface area (Å²) in [6, 6.07) is 12.6. The standard InChI is InChI=1S/C18H18ClN3O3S/c19-16-6-5-14(22-12-13-3-1-2-4-15(13)18(22)20)11-17(16)26(23,24)21-7-9-25-10-8-21/h1-6,11,20H,7-10,12H2. The Morgan fingerprint density at radius 2 is 1.81 bits per heavy atom. The highest BCUT2D eigenvalue weighted by molar-refractivity contribution is 7.89. The highest BCUT2D eigenvalue weighted by Gasteiger charge is 2.31. The second kappa shape index (κ2) is 6.66. The minimum absolute atomic E-state index is 0.0716. The molecule has 6 nitrogen and oxygen atoms in total. The van der Waals surface area contributed by atoms with E-state index in [0.29, 0.717) is 44.4 Å². The lowest BCUT2D eigenvalue weighted by atomic mass is 10.1. The molecule has 0 aromatic heterocycles. The van der Waals surface area contributed by atoms with Crippen molar-refractivity contribution >= 4 is 33.1 Å². The number of ether oxygens (including phenoxy) is 1. The van der Waals surface area contributed by atoms with E-state index in [-0.39, 0.29) is 9.92 Å². The van der Waals surface area contributed by atoms with Crippen LogP contribution in [0.15, 0.2) is 47.4 Å². The molecule has 0 atom stereocenters. The predicted octanol–water partition coefficient (Wildman–Crippen LogP) is 2.71. The van der Waals surface area contributed by atoms with E-state index in [9.17, 15) is 8.42 Å². The Morgan fingerprint density at radius 3 is 2.54 bits per heavy atom. The van der Waals surface area contributed by atoms with Crippen LogP contribution in [-0.4, -0.2) is 44.9 Å². The Balaban J connectivity index is 1.71. The highest BCUT2D eigenvalue weighted by Crippen LogP contribution is 2.33. The molecule has 1 fully saturated rings. The van der Waals surface area contributed by atoms with Crippen LogP contribution in [0.1, 0.15) is 11.1 Å². The minimum atomic E-state index is -3.71. The van der Waals surface area contributed by atoms with Crippen molar-refractivity contribution in [3.8, 4) is 0 Å². The van der Waals surface area contributed by atoms with Gasteiger partial charge in [-0.15, -0.1) is 0 Å². The molecule has 1 N–H and O–H groups in total. The van der Waals surface area contributed by atoms with E-state index in [1.54, 1.807) is 23.1 Å². The molecule has 2 heterocycles. The molecule has 8 heteroatoms. The summed E-state index contributed by atoms with van der Waals surface area (Å²) in [7, 11) is -3.71. The molecule has 0 bridgehead atoms. The summed E-state index contributed by atoms with van der Waals surface area (Å²) in [4.78, 5) is 1.86. The van der Waals surface area contributed by atoms with Crippen molar-refractivity contribution in [3.05, 3.63) is 58.6 Å². The molecule has 0 spiro atoms. The highest BCUT2D eigenvalue weighted by atomic mass is 35.5. The number of nitrogens with one attached hydrogen (secondary N) is 1. The fraction of sp³-hybridized carbons (Fsp3) is 0.278. The van der Waals surface area contributed by atoms with E-state index in [4.69, 9.17) is 21.7 Å². The van der Waals surface area contributed by atoms with Crippen LogP contribution >= 0.6 is 11.6 Å². The van der Waals surface area contributed by atoms with Gasteiger partial charge in [-0.05, 0) is 23.8 Å². The molecule has 1 saturated heterocycles. The average Bonchev–Trinajstić information content (AvgIpc) is 3.00. The molecule has 0 aliphatic carbocycles. The van der Waals surface area contributed by atoms with Crippen molar-refractivity contribution in [1.29, 1.82) is 5.41 Å². The predicted molar refractivity (Wildman–Crippen MR) is 100 cm³/mol. The molecule has 2 aliphatic rings. The average molecular weight is 392 g/mol. The molecule has 0 saturated carbocycles. The minimum Gasteiger partial charge on any atom is -0.379 e. The van der Waals surface area contributed by atoms with Crippen molar-refractivity contribution in [3.63, 3.8) is 0 Å². The van der Waals surface area contributed by atoms with Gasteiger partial charge in [0.2, 0.25) is 10.0 Å². The summed E-state index contributed by atoms with van der Waals surface area (Å²) < 4.78 is 32.6. The van der Waals surface area contributed by atoms with Gasteiger partial charge in [-0.2, -0.15) is 4.31 Å². The quantitative estimate of drug-likeness (QED) is 0.873. The van der Waals surface area contributed by atoms with E-state index in [0.717, 1.165) is 11.1 Å². The number of halogens is 1. The van der Waals surface area contributed by atoms with Crippen molar-refractivity contribution in [2.75, 3.05) is 31.2 Å². The van der Waals surface area contributed by atoms with Crippen LogP contribution in [0, 0.1) is 5.41 Å². The van der Waals surface area contributed by atoms with Gasteiger partial charge in [0.25, 0.3) is 0 Å². The SMILES string of the molecule is N=C1c2ccccc2CN1c1ccc(Cl)c(S(=O)(=O)N2CCOCC2)c1. The lowest BCUT2D eigenvalue weighted by molar-refractivity contribution is 0.0730. The number of anilines is 1. The van der Waals surface area contributed by atoms with Gasteiger partial charge in [-0.3, -0.25) is 5.41 Å². The summed E-state index contributed by atoms with van der Waals surface area (Å²) in [5, 5.41) is 8.60. The van der Waals surface area contributed by atoms with Crippen LogP contribution in [0.2, 0.25) is 5.02 Å². The van der Waals surface area contributed by atoms with Crippen molar-refractivity contribution in [2.24, 2.45) is 0 Å². The number of amidine groups is 1. The lowest BCUT2D eigenvalue weighted by Crippen LogP contribution is -2.40. The Kier molecular flexibility index (Phi) is 4.48. The molecule has 4 rings (SSSR count). The molecule has 2 aromatic rings. The van der Waals surface area contributed by atoms with Crippen LogP contribution in [-0.2, 0) is 21.3 Å². The third-order valence-electron chi connectivity index (χ3n) is 4.69. The monoisotopic (exact) mass is 391 g/mol. The van der Waals surface area contributed by atoms with E-state index in [1.807, 2.05) is 24.3 Å². The van der Waals surface area contributed by atoms with Gasteiger partial charge in [0.1, 0.15) is 10.7 Å². The number of morpholine rings is 1. The lowest BCUT2D eigenvalue weighted by Gasteiger charge is -2.27. The van der Waals surface area contributed by atoms with Crippen molar-refractivity contribution in [1.82, 2.24) is 4.31 Å². The number of benzene rings is 2.